The van der Waals surface area contributed by atoms with Crippen LogP contribution in [0.15, 0.2) is 40.8 Å². The average Bonchev–Trinajstić information content (AvgIpc) is 3.08. The second-order valence-corrected chi connectivity index (χ2v) is 7.48. The Hall–Kier alpha value is -1.79. The number of allylic oxidation sites excluding steroid dienone is 1. The van der Waals surface area contributed by atoms with E-state index in [1.807, 2.05) is 0 Å². The molecule has 0 unspecified atom stereocenters. The molecular formula is C18H20ClN3O2S. The van der Waals surface area contributed by atoms with Gasteiger partial charge in [0.2, 0.25) is 5.91 Å². The average molecular weight is 378 g/mol. The number of benzene rings is 1. The predicted octanol–water partition coefficient (Wildman–Crippen LogP) is 3.39. The van der Waals surface area contributed by atoms with E-state index in [0.29, 0.717) is 27.6 Å². The molecule has 0 atom stereocenters. The lowest BCUT2D eigenvalue weighted by atomic mass is 10.2. The van der Waals surface area contributed by atoms with Gasteiger partial charge >= 0.3 is 0 Å². The van der Waals surface area contributed by atoms with Crippen molar-refractivity contribution in [3.05, 3.63) is 46.2 Å². The number of aromatic nitrogens is 2. The lowest BCUT2D eigenvalue weighted by Gasteiger charge is -2.13. The van der Waals surface area contributed by atoms with Gasteiger partial charge in [-0.05, 0) is 31.0 Å². The first kappa shape index (κ1) is 18.0. The molecule has 0 aliphatic heterocycles. The van der Waals surface area contributed by atoms with Gasteiger partial charge in [0.05, 0.1) is 16.7 Å². The Morgan fingerprint density at radius 2 is 2.20 bits per heavy atom. The van der Waals surface area contributed by atoms with E-state index >= 15 is 0 Å². The van der Waals surface area contributed by atoms with Gasteiger partial charge in [0.1, 0.15) is 0 Å². The van der Waals surface area contributed by atoms with E-state index < -0.39 is 0 Å². The van der Waals surface area contributed by atoms with E-state index in [2.05, 4.69) is 16.9 Å². The zero-order valence-electron chi connectivity index (χ0n) is 13.8. The molecule has 2 aromatic rings. The quantitative estimate of drug-likeness (QED) is 0.476. The summed E-state index contributed by atoms with van der Waals surface area (Å²) in [5.74, 6) is 0.203. The molecule has 1 fully saturated rings. The van der Waals surface area contributed by atoms with Crippen molar-refractivity contribution in [2.24, 2.45) is 0 Å². The van der Waals surface area contributed by atoms with Crippen LogP contribution < -0.4 is 10.9 Å². The van der Waals surface area contributed by atoms with Gasteiger partial charge in [0, 0.05) is 17.6 Å². The van der Waals surface area contributed by atoms with Crippen molar-refractivity contribution in [2.75, 3.05) is 5.75 Å². The van der Waals surface area contributed by atoms with Gasteiger partial charge in [0.15, 0.2) is 5.16 Å². The SMILES string of the molecule is C=CCn1c(SCC(=O)NC2CCCC2)nc2cc(Cl)ccc2c1=O. The number of carbonyl (C=O) groups excluding carboxylic acids is 1. The number of fused-ring (bicyclic) bond motifs is 1. The first-order chi connectivity index (χ1) is 12.1. The largest absolute Gasteiger partial charge is 0.353 e. The van der Waals surface area contributed by atoms with Crippen molar-refractivity contribution in [1.29, 1.82) is 0 Å². The molecule has 0 bridgehead atoms. The minimum absolute atomic E-state index is 0.0255. The molecular weight excluding hydrogens is 358 g/mol. The summed E-state index contributed by atoms with van der Waals surface area (Å²) in [6.45, 7) is 4.04. The molecule has 1 heterocycles. The van der Waals surface area contributed by atoms with Crippen LogP contribution in [-0.4, -0.2) is 27.3 Å². The van der Waals surface area contributed by atoms with Crippen LogP contribution in [-0.2, 0) is 11.3 Å². The minimum Gasteiger partial charge on any atom is -0.353 e. The fourth-order valence-electron chi connectivity index (χ4n) is 3.04. The highest BCUT2D eigenvalue weighted by molar-refractivity contribution is 7.99. The molecule has 1 N–H and O–H groups in total. The van der Waals surface area contributed by atoms with Crippen LogP contribution in [0.4, 0.5) is 0 Å². The Balaban J connectivity index is 1.83. The van der Waals surface area contributed by atoms with Gasteiger partial charge in [0.25, 0.3) is 5.56 Å². The zero-order chi connectivity index (χ0) is 17.8. The van der Waals surface area contributed by atoms with Gasteiger partial charge in [-0.3, -0.25) is 14.2 Å². The van der Waals surface area contributed by atoms with Crippen LogP contribution >= 0.6 is 23.4 Å². The Bertz CT molecular complexity index is 859. The summed E-state index contributed by atoms with van der Waals surface area (Å²) in [6, 6.07) is 5.30. The third kappa shape index (κ3) is 4.25. The highest BCUT2D eigenvalue weighted by atomic mass is 35.5. The summed E-state index contributed by atoms with van der Waals surface area (Å²) >= 11 is 7.27. The summed E-state index contributed by atoms with van der Waals surface area (Å²) in [7, 11) is 0. The molecule has 5 nitrogen and oxygen atoms in total. The van der Waals surface area contributed by atoms with Crippen molar-refractivity contribution >= 4 is 40.2 Å². The van der Waals surface area contributed by atoms with Crippen molar-refractivity contribution < 1.29 is 4.79 Å². The summed E-state index contributed by atoms with van der Waals surface area (Å²) in [5, 5.41) is 4.58. The summed E-state index contributed by atoms with van der Waals surface area (Å²) in [4.78, 5) is 29.4. The number of amides is 1. The molecule has 1 amide bonds. The number of halogens is 1. The molecule has 1 saturated carbocycles. The van der Waals surface area contributed by atoms with Gasteiger partial charge in [-0.1, -0.05) is 42.3 Å². The van der Waals surface area contributed by atoms with E-state index in [0.717, 1.165) is 12.8 Å². The third-order valence-corrected chi connectivity index (χ3v) is 5.46. The lowest BCUT2D eigenvalue weighted by Crippen LogP contribution is -2.34. The summed E-state index contributed by atoms with van der Waals surface area (Å²) in [6.07, 6.45) is 6.08. The number of hydrogen-bond donors (Lipinski definition) is 1. The van der Waals surface area contributed by atoms with Crippen molar-refractivity contribution in [2.45, 2.75) is 43.4 Å². The topological polar surface area (TPSA) is 64.0 Å². The Morgan fingerprint density at radius 1 is 1.44 bits per heavy atom. The molecule has 132 valence electrons. The van der Waals surface area contributed by atoms with Crippen LogP contribution in [0.1, 0.15) is 25.7 Å². The summed E-state index contributed by atoms with van der Waals surface area (Å²) in [5.41, 5.74) is 0.386. The fraction of sp³-hybridized carbons (Fsp3) is 0.389. The molecule has 7 heteroatoms. The lowest BCUT2D eigenvalue weighted by molar-refractivity contribution is -0.119. The van der Waals surface area contributed by atoms with E-state index in [4.69, 9.17) is 11.6 Å². The zero-order valence-corrected chi connectivity index (χ0v) is 15.4. The van der Waals surface area contributed by atoms with Gasteiger partial charge < -0.3 is 5.32 Å². The van der Waals surface area contributed by atoms with Gasteiger partial charge in [-0.25, -0.2) is 4.98 Å². The minimum atomic E-state index is -0.153. The van der Waals surface area contributed by atoms with E-state index in [-0.39, 0.29) is 23.3 Å². The molecule has 1 aromatic carbocycles. The Kier molecular flexibility index (Phi) is 5.81. The molecule has 0 spiro atoms. The third-order valence-electron chi connectivity index (χ3n) is 4.25. The predicted molar refractivity (Wildman–Crippen MR) is 102 cm³/mol. The molecule has 1 aromatic heterocycles. The number of rotatable bonds is 6. The van der Waals surface area contributed by atoms with Crippen molar-refractivity contribution in [3.8, 4) is 0 Å². The number of nitrogens with one attached hydrogen (secondary N) is 1. The van der Waals surface area contributed by atoms with Gasteiger partial charge in [-0.15, -0.1) is 6.58 Å². The van der Waals surface area contributed by atoms with Crippen LogP contribution in [0.3, 0.4) is 0 Å². The normalized spacial score (nSPS) is 14.8. The molecule has 0 radical (unpaired) electrons. The number of nitrogens with zero attached hydrogens (tertiary/aromatic N) is 2. The van der Waals surface area contributed by atoms with Crippen LogP contribution in [0.25, 0.3) is 10.9 Å². The van der Waals surface area contributed by atoms with Crippen molar-refractivity contribution in [3.63, 3.8) is 0 Å². The molecule has 25 heavy (non-hydrogen) atoms. The molecule has 0 saturated heterocycles. The van der Waals surface area contributed by atoms with Crippen molar-refractivity contribution in [1.82, 2.24) is 14.9 Å². The first-order valence-corrected chi connectivity index (χ1v) is 9.68. The molecule has 3 rings (SSSR count). The molecule has 1 aliphatic rings. The smallest absolute Gasteiger partial charge is 0.262 e. The van der Waals surface area contributed by atoms with E-state index in [9.17, 15) is 9.59 Å². The van der Waals surface area contributed by atoms with Crippen LogP contribution in [0.5, 0.6) is 0 Å². The van der Waals surface area contributed by atoms with Crippen LogP contribution in [0.2, 0.25) is 5.02 Å². The van der Waals surface area contributed by atoms with E-state index in [1.54, 1.807) is 24.3 Å². The number of hydrogen-bond acceptors (Lipinski definition) is 4. The second kappa shape index (κ2) is 8.06. The standard InChI is InChI=1S/C18H20ClN3O2S/c1-2-9-22-17(24)14-8-7-12(19)10-15(14)21-18(22)25-11-16(23)20-13-5-3-4-6-13/h2,7-8,10,13H,1,3-6,9,11H2,(H,20,23). The highest BCUT2D eigenvalue weighted by Crippen LogP contribution is 2.21. The Morgan fingerprint density at radius 3 is 2.92 bits per heavy atom. The Labute approximate surface area is 155 Å². The highest BCUT2D eigenvalue weighted by Gasteiger charge is 2.18. The fourth-order valence-corrected chi connectivity index (χ4v) is 4.03. The van der Waals surface area contributed by atoms with Crippen LogP contribution in [0, 0.1) is 0 Å². The van der Waals surface area contributed by atoms with Gasteiger partial charge in [-0.2, -0.15) is 0 Å². The maximum absolute atomic E-state index is 12.7. The monoisotopic (exact) mass is 377 g/mol. The first-order valence-electron chi connectivity index (χ1n) is 8.31. The summed E-state index contributed by atoms with van der Waals surface area (Å²) < 4.78 is 1.54. The molecule has 1 aliphatic carbocycles. The maximum atomic E-state index is 12.7. The number of carbonyl (C=O) groups is 1. The second-order valence-electron chi connectivity index (χ2n) is 6.10. The number of thioether (sulfide) groups is 1. The van der Waals surface area contributed by atoms with E-state index in [1.165, 1.54) is 29.2 Å². The maximum Gasteiger partial charge on any atom is 0.262 e.